The molecule has 33 heavy (non-hydrogen) atoms. The largest absolute Gasteiger partial charge is 0.494 e. The van der Waals surface area contributed by atoms with Gasteiger partial charge in [-0.05, 0) is 54.3 Å². The van der Waals surface area contributed by atoms with E-state index in [1.807, 2.05) is 30.3 Å². The molecule has 2 aliphatic rings. The van der Waals surface area contributed by atoms with Gasteiger partial charge in [0.2, 0.25) is 0 Å². The molecule has 1 fully saturated rings. The number of hydroxylamine groups is 1. The predicted molar refractivity (Wildman–Crippen MR) is 136 cm³/mol. The van der Waals surface area contributed by atoms with Gasteiger partial charge in [0.15, 0.2) is 0 Å². The number of anilines is 2. The molecule has 170 valence electrons. The van der Waals surface area contributed by atoms with Crippen molar-refractivity contribution in [2.24, 2.45) is 5.41 Å². The first kappa shape index (κ1) is 21.6. The Balaban J connectivity index is 1.37. The van der Waals surface area contributed by atoms with Crippen LogP contribution in [0.3, 0.4) is 0 Å². The topological polar surface area (TPSA) is 24.9 Å². The molecule has 3 aromatic rings. The lowest BCUT2D eigenvalue weighted by Gasteiger charge is -2.31. The minimum absolute atomic E-state index is 0.0243. The zero-order valence-corrected chi connectivity index (χ0v) is 19.6. The third kappa shape index (κ3) is 4.23. The van der Waals surface area contributed by atoms with Gasteiger partial charge in [-0.3, -0.25) is 4.84 Å². The molecule has 0 N–H and O–H groups in total. The van der Waals surface area contributed by atoms with Gasteiger partial charge in [0.1, 0.15) is 11.9 Å². The molecule has 5 rings (SSSR count). The van der Waals surface area contributed by atoms with Crippen molar-refractivity contribution in [1.29, 1.82) is 0 Å². The van der Waals surface area contributed by atoms with E-state index in [9.17, 15) is 0 Å². The molecule has 4 heteroatoms. The van der Waals surface area contributed by atoms with Gasteiger partial charge < -0.3 is 9.64 Å². The summed E-state index contributed by atoms with van der Waals surface area (Å²) in [4.78, 5) is 8.71. The number of hydrogen-bond donors (Lipinski definition) is 0. The van der Waals surface area contributed by atoms with Crippen LogP contribution >= 0.6 is 0 Å². The zero-order valence-electron chi connectivity index (χ0n) is 19.6. The molecule has 0 saturated carbocycles. The van der Waals surface area contributed by atoms with E-state index in [0.29, 0.717) is 12.6 Å². The quantitative estimate of drug-likeness (QED) is 0.451. The Hall–Kier alpha value is -3.24. The van der Waals surface area contributed by atoms with Gasteiger partial charge in [0.05, 0.1) is 18.3 Å². The normalized spacial score (nSPS) is 23.5. The fourth-order valence-corrected chi connectivity index (χ4v) is 4.97. The van der Waals surface area contributed by atoms with Crippen molar-refractivity contribution >= 4 is 17.5 Å². The molecular formula is C29H32N2O2. The van der Waals surface area contributed by atoms with Crippen LogP contribution in [-0.2, 0) is 11.3 Å². The second-order valence-corrected chi connectivity index (χ2v) is 9.46. The Morgan fingerprint density at radius 3 is 2.48 bits per heavy atom. The smallest absolute Gasteiger partial charge is 0.119 e. The molecule has 0 amide bonds. The SMILES string of the molecule is CN(C)c1ccc(C=CC2ON3c4ccccc4CC3C2(C)CCOc2ccccc2)cc1. The highest BCUT2D eigenvalue weighted by atomic mass is 16.7. The molecule has 2 heterocycles. The van der Waals surface area contributed by atoms with E-state index >= 15 is 0 Å². The molecule has 0 radical (unpaired) electrons. The lowest BCUT2D eigenvalue weighted by Crippen LogP contribution is -2.40. The summed E-state index contributed by atoms with van der Waals surface area (Å²) in [6, 6.07) is 27.6. The Kier molecular flexibility index (Phi) is 5.86. The van der Waals surface area contributed by atoms with Crippen LogP contribution in [0.4, 0.5) is 11.4 Å². The summed E-state index contributed by atoms with van der Waals surface area (Å²) in [6.07, 6.45) is 6.30. The van der Waals surface area contributed by atoms with Crippen LogP contribution in [0.15, 0.2) is 84.9 Å². The average Bonchev–Trinajstić information content (AvgIpc) is 3.33. The fourth-order valence-electron chi connectivity index (χ4n) is 4.97. The Labute approximate surface area is 197 Å². The van der Waals surface area contributed by atoms with Crippen LogP contribution < -0.4 is 14.7 Å². The maximum Gasteiger partial charge on any atom is 0.119 e. The Morgan fingerprint density at radius 2 is 1.73 bits per heavy atom. The van der Waals surface area contributed by atoms with Crippen molar-refractivity contribution in [3.63, 3.8) is 0 Å². The second-order valence-electron chi connectivity index (χ2n) is 9.46. The summed E-state index contributed by atoms with van der Waals surface area (Å²) >= 11 is 0. The van der Waals surface area contributed by atoms with E-state index in [0.717, 1.165) is 18.6 Å². The number of ether oxygens (including phenoxy) is 1. The van der Waals surface area contributed by atoms with Gasteiger partial charge in [-0.1, -0.05) is 67.6 Å². The standard InChI is InChI=1S/C29H32N2O2/c1-29(19-20-32-25-10-5-4-6-11-25)27-21-23-9-7-8-12-26(23)31(27)33-28(29)18-15-22-13-16-24(17-14-22)30(2)3/h4-18,27-28H,19-21H2,1-3H3. The highest BCUT2D eigenvalue weighted by Gasteiger charge is 2.54. The van der Waals surface area contributed by atoms with E-state index in [-0.39, 0.29) is 11.5 Å². The molecule has 2 aliphatic heterocycles. The molecule has 0 spiro atoms. The summed E-state index contributed by atoms with van der Waals surface area (Å²) in [6.45, 7) is 3.01. The third-order valence-electron chi connectivity index (χ3n) is 7.09. The van der Waals surface area contributed by atoms with Crippen LogP contribution in [0.25, 0.3) is 6.08 Å². The van der Waals surface area contributed by atoms with Crippen molar-refractivity contribution in [3.8, 4) is 5.75 Å². The first-order chi connectivity index (χ1) is 16.0. The third-order valence-corrected chi connectivity index (χ3v) is 7.09. The minimum atomic E-state index is -0.0755. The van der Waals surface area contributed by atoms with Crippen molar-refractivity contribution < 1.29 is 9.57 Å². The summed E-state index contributed by atoms with van der Waals surface area (Å²) < 4.78 is 6.10. The monoisotopic (exact) mass is 440 g/mol. The van der Waals surface area contributed by atoms with Crippen LogP contribution in [0.2, 0.25) is 0 Å². The minimum Gasteiger partial charge on any atom is -0.494 e. The average molecular weight is 441 g/mol. The molecule has 3 atom stereocenters. The van der Waals surface area contributed by atoms with Crippen molar-refractivity contribution in [2.45, 2.75) is 31.9 Å². The second kappa shape index (κ2) is 8.95. The molecule has 3 unspecified atom stereocenters. The van der Waals surface area contributed by atoms with Crippen molar-refractivity contribution in [2.75, 3.05) is 30.7 Å². The van der Waals surface area contributed by atoms with Gasteiger partial charge in [0.25, 0.3) is 0 Å². The molecule has 3 aromatic carbocycles. The van der Waals surface area contributed by atoms with Crippen LogP contribution in [0.5, 0.6) is 5.75 Å². The maximum atomic E-state index is 6.60. The predicted octanol–water partition coefficient (Wildman–Crippen LogP) is 5.99. The molecule has 0 aliphatic carbocycles. The van der Waals surface area contributed by atoms with Crippen LogP contribution in [0.1, 0.15) is 24.5 Å². The number of para-hydroxylation sites is 2. The Morgan fingerprint density at radius 1 is 1.00 bits per heavy atom. The summed E-state index contributed by atoms with van der Waals surface area (Å²) in [5.74, 6) is 0.916. The van der Waals surface area contributed by atoms with E-state index < -0.39 is 0 Å². The van der Waals surface area contributed by atoms with Crippen LogP contribution in [0, 0.1) is 5.41 Å². The van der Waals surface area contributed by atoms with Gasteiger partial charge in [0, 0.05) is 25.2 Å². The molecule has 0 bridgehead atoms. The van der Waals surface area contributed by atoms with Gasteiger partial charge >= 0.3 is 0 Å². The zero-order chi connectivity index (χ0) is 22.8. The van der Waals surface area contributed by atoms with Crippen molar-refractivity contribution in [3.05, 3.63) is 96.1 Å². The first-order valence-electron chi connectivity index (χ1n) is 11.7. The first-order valence-corrected chi connectivity index (χ1v) is 11.7. The summed E-state index contributed by atoms with van der Waals surface area (Å²) in [7, 11) is 4.12. The number of nitrogens with zero attached hydrogens (tertiary/aromatic N) is 2. The van der Waals surface area contributed by atoms with Gasteiger partial charge in [-0.25, -0.2) is 5.06 Å². The molecule has 4 nitrogen and oxygen atoms in total. The van der Waals surface area contributed by atoms with Crippen LogP contribution in [-0.4, -0.2) is 32.8 Å². The number of benzene rings is 3. The molecule has 0 aromatic heterocycles. The highest BCUT2D eigenvalue weighted by Crippen LogP contribution is 2.50. The number of rotatable bonds is 7. The van der Waals surface area contributed by atoms with Gasteiger partial charge in [-0.15, -0.1) is 0 Å². The van der Waals surface area contributed by atoms with Crippen molar-refractivity contribution in [1.82, 2.24) is 0 Å². The summed E-state index contributed by atoms with van der Waals surface area (Å²) in [5, 5.41) is 2.15. The molecule has 1 saturated heterocycles. The van der Waals surface area contributed by atoms with E-state index in [1.165, 1.54) is 22.5 Å². The number of hydrogen-bond acceptors (Lipinski definition) is 4. The Bertz CT molecular complexity index is 1110. The van der Waals surface area contributed by atoms with E-state index in [1.54, 1.807) is 0 Å². The fraction of sp³-hybridized carbons (Fsp3) is 0.310. The maximum absolute atomic E-state index is 6.60. The molecular weight excluding hydrogens is 408 g/mol. The summed E-state index contributed by atoms with van der Waals surface area (Å²) in [5.41, 5.74) is 4.86. The van der Waals surface area contributed by atoms with Gasteiger partial charge in [-0.2, -0.15) is 0 Å². The number of fused-ring (bicyclic) bond motifs is 3. The highest BCUT2D eigenvalue weighted by molar-refractivity contribution is 5.60. The lowest BCUT2D eigenvalue weighted by molar-refractivity contribution is 0.0680. The van der Waals surface area contributed by atoms with E-state index in [2.05, 4.69) is 91.7 Å². The lowest BCUT2D eigenvalue weighted by atomic mass is 9.74. The van der Waals surface area contributed by atoms with E-state index in [4.69, 9.17) is 9.57 Å².